The highest BCUT2D eigenvalue weighted by atomic mass is 79.9. The molecule has 1 heterocycles. The lowest BCUT2D eigenvalue weighted by Crippen LogP contribution is -2.10. The second kappa shape index (κ2) is 7.00. The van der Waals surface area contributed by atoms with Crippen molar-refractivity contribution in [2.45, 2.75) is 40.2 Å². The average Bonchev–Trinajstić information content (AvgIpc) is 2.50. The molecule has 112 valence electrons. The van der Waals surface area contributed by atoms with Gasteiger partial charge in [0.1, 0.15) is 5.75 Å². The van der Waals surface area contributed by atoms with E-state index in [9.17, 15) is 0 Å². The zero-order valence-corrected chi connectivity index (χ0v) is 14.2. The Bertz CT molecular complexity index is 644. The van der Waals surface area contributed by atoms with E-state index >= 15 is 0 Å². The molecule has 2 aromatic rings. The first-order chi connectivity index (χ1) is 10.1. The summed E-state index contributed by atoms with van der Waals surface area (Å²) in [7, 11) is 0. The van der Waals surface area contributed by atoms with Gasteiger partial charge >= 0.3 is 0 Å². The zero-order chi connectivity index (χ0) is 15.4. The number of nitrogens with zero attached hydrogens (tertiary/aromatic N) is 2. The molecule has 2 N–H and O–H groups in total. The van der Waals surface area contributed by atoms with Crippen LogP contribution in [0.25, 0.3) is 0 Å². The van der Waals surface area contributed by atoms with Gasteiger partial charge in [0.15, 0.2) is 0 Å². The summed E-state index contributed by atoms with van der Waals surface area (Å²) in [6.45, 7) is 6.57. The van der Waals surface area contributed by atoms with Crippen LogP contribution in [0.3, 0.4) is 0 Å². The summed E-state index contributed by atoms with van der Waals surface area (Å²) >= 11 is 3.46. The van der Waals surface area contributed by atoms with E-state index in [1.54, 1.807) is 0 Å². The van der Waals surface area contributed by atoms with Crippen LogP contribution in [0.5, 0.6) is 11.6 Å². The van der Waals surface area contributed by atoms with Gasteiger partial charge in [-0.05, 0) is 43.0 Å². The number of hydrogen-bond acceptors (Lipinski definition) is 4. The minimum Gasteiger partial charge on any atom is -0.437 e. The average molecular weight is 350 g/mol. The Morgan fingerprint density at radius 2 is 1.90 bits per heavy atom. The van der Waals surface area contributed by atoms with Crippen molar-refractivity contribution < 1.29 is 4.74 Å². The predicted molar refractivity (Wildman–Crippen MR) is 87.6 cm³/mol. The van der Waals surface area contributed by atoms with Gasteiger partial charge in [0.25, 0.3) is 0 Å². The molecule has 0 radical (unpaired) electrons. The fraction of sp³-hybridized carbons (Fsp3) is 0.375. The van der Waals surface area contributed by atoms with Crippen molar-refractivity contribution in [1.29, 1.82) is 0 Å². The quantitative estimate of drug-likeness (QED) is 0.888. The fourth-order valence-electron chi connectivity index (χ4n) is 2.31. The molecule has 0 bridgehead atoms. The molecule has 4 nitrogen and oxygen atoms in total. The van der Waals surface area contributed by atoms with Crippen LogP contribution < -0.4 is 10.5 Å². The normalized spacial score (nSPS) is 10.7. The van der Waals surface area contributed by atoms with Crippen LogP contribution in [0.2, 0.25) is 0 Å². The van der Waals surface area contributed by atoms with Crippen LogP contribution in [0, 0.1) is 6.92 Å². The summed E-state index contributed by atoms with van der Waals surface area (Å²) in [4.78, 5) is 0. The van der Waals surface area contributed by atoms with Gasteiger partial charge in [0.2, 0.25) is 5.88 Å². The number of hydrogen-bond donors (Lipinski definition) is 1. The number of rotatable bonds is 5. The number of aromatic nitrogens is 2. The molecule has 0 atom stereocenters. The lowest BCUT2D eigenvalue weighted by Gasteiger charge is -2.15. The molecule has 21 heavy (non-hydrogen) atoms. The number of halogens is 1. The van der Waals surface area contributed by atoms with Gasteiger partial charge in [-0.15, -0.1) is 5.10 Å². The van der Waals surface area contributed by atoms with E-state index in [4.69, 9.17) is 10.5 Å². The third kappa shape index (κ3) is 3.41. The van der Waals surface area contributed by atoms with E-state index in [0.717, 1.165) is 45.4 Å². The van der Waals surface area contributed by atoms with Crippen LogP contribution in [-0.2, 0) is 19.4 Å². The topological polar surface area (TPSA) is 61.0 Å². The smallest absolute Gasteiger partial charge is 0.243 e. The van der Waals surface area contributed by atoms with E-state index in [-0.39, 0.29) is 0 Å². The number of aryl methyl sites for hydroxylation is 2. The van der Waals surface area contributed by atoms with Crippen molar-refractivity contribution in [3.8, 4) is 11.6 Å². The Balaban J connectivity index is 2.47. The maximum absolute atomic E-state index is 5.97. The number of benzene rings is 1. The van der Waals surface area contributed by atoms with Gasteiger partial charge in [0.05, 0.1) is 5.69 Å². The Labute approximate surface area is 133 Å². The first-order valence-electron chi connectivity index (χ1n) is 7.12. The minimum atomic E-state index is 0.397. The second-order valence-electron chi connectivity index (χ2n) is 4.83. The molecule has 1 aromatic carbocycles. The third-order valence-corrected chi connectivity index (χ3v) is 3.97. The van der Waals surface area contributed by atoms with Crippen LogP contribution in [-0.4, -0.2) is 10.2 Å². The lowest BCUT2D eigenvalue weighted by molar-refractivity contribution is 0.442. The van der Waals surface area contributed by atoms with Crippen LogP contribution in [0.4, 0.5) is 0 Å². The third-order valence-electron chi connectivity index (χ3n) is 3.48. The van der Waals surface area contributed by atoms with Crippen molar-refractivity contribution in [2.24, 2.45) is 5.73 Å². The van der Waals surface area contributed by atoms with E-state index in [1.165, 1.54) is 0 Å². The van der Waals surface area contributed by atoms with Gasteiger partial charge < -0.3 is 10.5 Å². The fourth-order valence-corrected chi connectivity index (χ4v) is 2.65. The van der Waals surface area contributed by atoms with E-state index in [0.29, 0.717) is 12.4 Å². The Kier molecular flexibility index (Phi) is 5.31. The highest BCUT2D eigenvalue weighted by Crippen LogP contribution is 2.30. The summed E-state index contributed by atoms with van der Waals surface area (Å²) in [5.41, 5.74) is 10.1. The zero-order valence-electron chi connectivity index (χ0n) is 12.6. The highest BCUT2D eigenvalue weighted by molar-refractivity contribution is 9.10. The molecule has 0 aliphatic carbocycles. The maximum atomic E-state index is 5.97. The van der Waals surface area contributed by atoms with Gasteiger partial charge in [0, 0.05) is 16.6 Å². The number of nitrogens with two attached hydrogens (primary N) is 1. The molecule has 0 fully saturated rings. The SMILES string of the molecule is CCc1nnc(Oc2cc(Br)ccc2C)c(CN)c1CC. The van der Waals surface area contributed by atoms with Gasteiger partial charge in [-0.3, -0.25) is 0 Å². The van der Waals surface area contributed by atoms with Crippen LogP contribution in [0.1, 0.15) is 36.2 Å². The molecule has 0 aliphatic heterocycles. The lowest BCUT2D eigenvalue weighted by atomic mass is 10.0. The summed E-state index contributed by atoms with van der Waals surface area (Å²) in [6, 6.07) is 5.90. The summed E-state index contributed by atoms with van der Waals surface area (Å²) in [5, 5.41) is 8.51. The molecule has 1 aromatic heterocycles. The number of ether oxygens (including phenoxy) is 1. The molecule has 0 spiro atoms. The first kappa shape index (κ1) is 15.9. The minimum absolute atomic E-state index is 0.397. The van der Waals surface area contributed by atoms with Gasteiger partial charge in [-0.1, -0.05) is 35.8 Å². The van der Waals surface area contributed by atoms with Gasteiger partial charge in [-0.2, -0.15) is 5.10 Å². The molecule has 0 unspecified atom stereocenters. The maximum Gasteiger partial charge on any atom is 0.243 e. The molecule has 0 amide bonds. The van der Waals surface area contributed by atoms with Gasteiger partial charge in [-0.25, -0.2) is 0 Å². The standard InChI is InChI=1S/C16H20BrN3O/c1-4-12-13(9-18)16(20-19-14(12)5-2)21-15-8-11(17)7-6-10(15)3/h6-8H,4-5,9,18H2,1-3H3. The summed E-state index contributed by atoms with van der Waals surface area (Å²) in [6.07, 6.45) is 1.72. The van der Waals surface area contributed by atoms with Crippen molar-refractivity contribution in [3.63, 3.8) is 0 Å². The Morgan fingerprint density at radius 3 is 2.52 bits per heavy atom. The predicted octanol–water partition coefficient (Wildman–Crippen LogP) is 3.92. The van der Waals surface area contributed by atoms with Crippen molar-refractivity contribution in [2.75, 3.05) is 0 Å². The van der Waals surface area contributed by atoms with Crippen LogP contribution >= 0.6 is 15.9 Å². The molecule has 2 rings (SSSR count). The largest absolute Gasteiger partial charge is 0.437 e. The van der Waals surface area contributed by atoms with Crippen molar-refractivity contribution in [3.05, 3.63) is 45.1 Å². The first-order valence-corrected chi connectivity index (χ1v) is 7.91. The van der Waals surface area contributed by atoms with Crippen molar-refractivity contribution >= 4 is 15.9 Å². The molecule has 0 aliphatic rings. The van der Waals surface area contributed by atoms with E-state index in [1.807, 2.05) is 25.1 Å². The monoisotopic (exact) mass is 349 g/mol. The van der Waals surface area contributed by atoms with E-state index in [2.05, 4.69) is 40.0 Å². The molecule has 0 saturated carbocycles. The molecule has 5 heteroatoms. The second-order valence-corrected chi connectivity index (χ2v) is 5.75. The van der Waals surface area contributed by atoms with Crippen molar-refractivity contribution in [1.82, 2.24) is 10.2 Å². The summed E-state index contributed by atoms with van der Waals surface area (Å²) < 4.78 is 6.93. The Hall–Kier alpha value is -1.46. The molecular formula is C16H20BrN3O. The Morgan fingerprint density at radius 1 is 1.14 bits per heavy atom. The van der Waals surface area contributed by atoms with Crippen LogP contribution in [0.15, 0.2) is 22.7 Å². The summed E-state index contributed by atoms with van der Waals surface area (Å²) in [5.74, 6) is 1.27. The molecule has 0 saturated heterocycles. The van der Waals surface area contributed by atoms with E-state index < -0.39 is 0 Å². The molecular weight excluding hydrogens is 330 g/mol. The highest BCUT2D eigenvalue weighted by Gasteiger charge is 2.15.